The number of unbranched alkanes of at least 4 members (excludes halogenated alkanes) is 2. The number of nitrogens with zero attached hydrogens (tertiary/aromatic N) is 1. The van der Waals surface area contributed by atoms with Crippen molar-refractivity contribution in [1.29, 1.82) is 0 Å². The summed E-state index contributed by atoms with van der Waals surface area (Å²) in [6, 6.07) is 9.37. The van der Waals surface area contributed by atoms with E-state index in [-0.39, 0.29) is 11.8 Å². The Morgan fingerprint density at radius 3 is 2.58 bits per heavy atom. The van der Waals surface area contributed by atoms with Crippen LogP contribution in [0.25, 0.3) is 10.9 Å². The van der Waals surface area contributed by atoms with Crippen LogP contribution in [0.1, 0.15) is 40.0 Å². The van der Waals surface area contributed by atoms with Crippen LogP contribution in [-0.4, -0.2) is 23.3 Å². The molecule has 0 atom stereocenters. The molecule has 0 saturated heterocycles. The molecule has 0 saturated carbocycles. The highest BCUT2D eigenvalue weighted by molar-refractivity contribution is 6.12. The van der Waals surface area contributed by atoms with Gasteiger partial charge in [-0.1, -0.05) is 38.0 Å². The molecule has 5 nitrogen and oxygen atoms in total. The molecule has 128 valence electrons. The van der Waals surface area contributed by atoms with Crippen LogP contribution in [0.2, 0.25) is 0 Å². The van der Waals surface area contributed by atoms with Crippen LogP contribution in [0.3, 0.4) is 0 Å². The fourth-order valence-corrected chi connectivity index (χ4v) is 2.38. The van der Waals surface area contributed by atoms with E-state index in [9.17, 15) is 9.59 Å². The summed E-state index contributed by atoms with van der Waals surface area (Å²) < 4.78 is 0. The van der Waals surface area contributed by atoms with E-state index >= 15 is 0 Å². The fraction of sp³-hybridized carbons (Fsp3) is 0.421. The molecule has 0 aliphatic carbocycles. The van der Waals surface area contributed by atoms with Gasteiger partial charge in [0.25, 0.3) is 0 Å². The first kappa shape index (κ1) is 17.9. The third-order valence-corrected chi connectivity index (χ3v) is 4.08. The molecule has 0 aliphatic heterocycles. The lowest BCUT2D eigenvalue weighted by Crippen LogP contribution is -2.45. The van der Waals surface area contributed by atoms with Crippen molar-refractivity contribution < 1.29 is 9.59 Å². The number of benzene rings is 1. The van der Waals surface area contributed by atoms with Crippen molar-refractivity contribution in [2.75, 3.05) is 11.9 Å². The number of carbonyl (C=O) groups is 2. The second kappa shape index (κ2) is 7.90. The first-order chi connectivity index (χ1) is 11.5. The predicted octanol–water partition coefficient (Wildman–Crippen LogP) is 3.51. The Morgan fingerprint density at radius 2 is 1.83 bits per heavy atom. The average Bonchev–Trinajstić information content (AvgIpc) is 2.58. The normalized spacial score (nSPS) is 11.3. The van der Waals surface area contributed by atoms with Crippen molar-refractivity contribution in [2.24, 2.45) is 5.41 Å². The van der Waals surface area contributed by atoms with E-state index in [4.69, 9.17) is 0 Å². The van der Waals surface area contributed by atoms with Gasteiger partial charge in [0.2, 0.25) is 11.8 Å². The molecule has 2 N–H and O–H groups in total. The Bertz CT molecular complexity index is 720. The zero-order valence-electron chi connectivity index (χ0n) is 14.6. The lowest BCUT2D eigenvalue weighted by molar-refractivity contribution is -0.138. The van der Waals surface area contributed by atoms with E-state index in [1.165, 1.54) is 0 Å². The Kier molecular flexibility index (Phi) is 5.90. The predicted molar refractivity (Wildman–Crippen MR) is 96.7 cm³/mol. The van der Waals surface area contributed by atoms with Crippen LogP contribution in [0.4, 0.5) is 5.69 Å². The van der Waals surface area contributed by atoms with Crippen LogP contribution in [-0.2, 0) is 9.59 Å². The highest BCUT2D eigenvalue weighted by atomic mass is 16.2. The zero-order chi connectivity index (χ0) is 17.6. The maximum atomic E-state index is 12.6. The second-order valence-electron chi connectivity index (χ2n) is 6.42. The van der Waals surface area contributed by atoms with Crippen molar-refractivity contribution >= 4 is 28.4 Å². The summed E-state index contributed by atoms with van der Waals surface area (Å²) in [6.07, 6.45) is 4.76. The Balaban J connectivity index is 2.08. The van der Waals surface area contributed by atoms with Crippen molar-refractivity contribution in [3.63, 3.8) is 0 Å². The molecule has 1 heterocycles. The van der Waals surface area contributed by atoms with E-state index in [0.29, 0.717) is 17.7 Å². The minimum atomic E-state index is -1.15. The molecular weight excluding hydrogens is 302 g/mol. The standard InChI is InChI=1S/C19H25N3O2/c1-4-5-6-12-21-17(23)19(2,3)18(24)22-15-11-7-9-14-10-8-13-20-16(14)15/h7-11,13H,4-6,12H2,1-3H3,(H,21,23)(H,22,24). The number of hydrogen-bond acceptors (Lipinski definition) is 3. The van der Waals surface area contributed by atoms with Gasteiger partial charge in [-0.25, -0.2) is 0 Å². The largest absolute Gasteiger partial charge is 0.355 e. The number of aromatic nitrogens is 1. The monoisotopic (exact) mass is 327 g/mol. The van der Waals surface area contributed by atoms with E-state index in [2.05, 4.69) is 22.5 Å². The maximum Gasteiger partial charge on any atom is 0.239 e. The van der Waals surface area contributed by atoms with Gasteiger partial charge in [-0.15, -0.1) is 0 Å². The molecule has 1 aromatic carbocycles. The van der Waals surface area contributed by atoms with E-state index < -0.39 is 5.41 Å². The number of carbonyl (C=O) groups excluding carboxylic acids is 2. The fourth-order valence-electron chi connectivity index (χ4n) is 2.38. The molecule has 24 heavy (non-hydrogen) atoms. The number of pyridine rings is 1. The molecule has 0 aliphatic rings. The number of para-hydroxylation sites is 1. The number of fused-ring (bicyclic) bond motifs is 1. The molecule has 0 radical (unpaired) electrons. The van der Waals surface area contributed by atoms with Crippen molar-refractivity contribution in [3.05, 3.63) is 36.5 Å². The smallest absolute Gasteiger partial charge is 0.239 e. The van der Waals surface area contributed by atoms with Crippen molar-refractivity contribution in [1.82, 2.24) is 10.3 Å². The third-order valence-electron chi connectivity index (χ3n) is 4.08. The minimum Gasteiger partial charge on any atom is -0.355 e. The molecule has 2 amide bonds. The van der Waals surface area contributed by atoms with Gasteiger partial charge in [0.1, 0.15) is 5.41 Å². The lowest BCUT2D eigenvalue weighted by atomic mass is 9.90. The van der Waals surface area contributed by atoms with Crippen LogP contribution < -0.4 is 10.6 Å². The highest BCUT2D eigenvalue weighted by Gasteiger charge is 2.36. The summed E-state index contributed by atoms with van der Waals surface area (Å²) in [4.78, 5) is 29.3. The average molecular weight is 327 g/mol. The molecule has 0 unspecified atom stereocenters. The lowest BCUT2D eigenvalue weighted by Gasteiger charge is -2.23. The number of amides is 2. The Hall–Kier alpha value is -2.43. The molecule has 0 fully saturated rings. The minimum absolute atomic E-state index is 0.260. The van der Waals surface area contributed by atoms with Gasteiger partial charge in [0, 0.05) is 18.1 Å². The van der Waals surface area contributed by atoms with Crippen molar-refractivity contribution in [3.8, 4) is 0 Å². The van der Waals surface area contributed by atoms with Crippen LogP contribution >= 0.6 is 0 Å². The third kappa shape index (κ3) is 4.10. The van der Waals surface area contributed by atoms with Gasteiger partial charge in [-0.05, 0) is 32.4 Å². The van der Waals surface area contributed by atoms with E-state index in [1.807, 2.05) is 24.3 Å². The summed E-state index contributed by atoms with van der Waals surface area (Å²) in [5.41, 5.74) is 0.181. The maximum absolute atomic E-state index is 12.6. The Morgan fingerprint density at radius 1 is 1.08 bits per heavy atom. The van der Waals surface area contributed by atoms with Gasteiger partial charge < -0.3 is 10.6 Å². The Labute approximate surface area is 142 Å². The van der Waals surface area contributed by atoms with Gasteiger partial charge in [0.05, 0.1) is 11.2 Å². The second-order valence-corrected chi connectivity index (χ2v) is 6.42. The summed E-state index contributed by atoms with van der Waals surface area (Å²) in [5, 5.41) is 6.63. The molecule has 2 rings (SSSR count). The number of anilines is 1. The first-order valence-electron chi connectivity index (χ1n) is 8.40. The number of nitrogens with one attached hydrogen (secondary N) is 2. The summed E-state index contributed by atoms with van der Waals surface area (Å²) >= 11 is 0. The molecule has 0 bridgehead atoms. The zero-order valence-corrected chi connectivity index (χ0v) is 14.6. The van der Waals surface area contributed by atoms with Crippen LogP contribution in [0.15, 0.2) is 36.5 Å². The summed E-state index contributed by atoms with van der Waals surface area (Å²) in [7, 11) is 0. The SMILES string of the molecule is CCCCCNC(=O)C(C)(C)C(=O)Nc1cccc2cccnc12. The summed E-state index contributed by atoms with van der Waals surface area (Å²) in [5.74, 6) is -0.599. The highest BCUT2D eigenvalue weighted by Crippen LogP contribution is 2.24. The topological polar surface area (TPSA) is 71.1 Å². The van der Waals surface area contributed by atoms with Gasteiger partial charge in [0.15, 0.2) is 0 Å². The van der Waals surface area contributed by atoms with Crippen molar-refractivity contribution in [2.45, 2.75) is 40.0 Å². The van der Waals surface area contributed by atoms with E-state index in [1.54, 1.807) is 26.1 Å². The van der Waals surface area contributed by atoms with Gasteiger partial charge in [-0.3, -0.25) is 14.6 Å². The molecule has 1 aromatic heterocycles. The van der Waals surface area contributed by atoms with Gasteiger partial charge in [-0.2, -0.15) is 0 Å². The van der Waals surface area contributed by atoms with Gasteiger partial charge >= 0.3 is 0 Å². The quantitative estimate of drug-likeness (QED) is 0.604. The molecule has 0 spiro atoms. The van der Waals surface area contributed by atoms with E-state index in [0.717, 1.165) is 24.6 Å². The van der Waals surface area contributed by atoms with Crippen LogP contribution in [0, 0.1) is 5.41 Å². The summed E-state index contributed by atoms with van der Waals surface area (Å²) in [6.45, 7) is 5.97. The molecule has 5 heteroatoms. The molecule has 2 aromatic rings. The first-order valence-corrected chi connectivity index (χ1v) is 8.40. The number of rotatable bonds is 7. The number of hydrogen-bond donors (Lipinski definition) is 2. The van der Waals surface area contributed by atoms with Crippen LogP contribution in [0.5, 0.6) is 0 Å². The molecular formula is C19H25N3O2.